The maximum atomic E-state index is 9.94. The second-order valence-electron chi connectivity index (χ2n) is 5.86. The normalized spacial score (nSPS) is 12.8. The van der Waals surface area contributed by atoms with Crippen LogP contribution in [0, 0.1) is 6.92 Å². The third-order valence-electron chi connectivity index (χ3n) is 4.28. The lowest BCUT2D eigenvalue weighted by Crippen LogP contribution is -2.00. The van der Waals surface area contributed by atoms with Crippen molar-refractivity contribution < 1.29 is 5.11 Å². The van der Waals surface area contributed by atoms with E-state index in [1.165, 1.54) is 0 Å². The average Bonchev–Trinajstić information content (AvgIpc) is 3.09. The number of aromatic nitrogens is 5. The highest BCUT2D eigenvalue weighted by Crippen LogP contribution is 2.28. The molecule has 4 aromatic heterocycles. The van der Waals surface area contributed by atoms with Gasteiger partial charge < -0.3 is 10.1 Å². The molecule has 0 saturated heterocycles. The van der Waals surface area contributed by atoms with Gasteiger partial charge in [0.25, 0.3) is 0 Å². The fraction of sp³-hybridized carbons (Fsp3) is 0.222. The predicted octanol–water partition coefficient (Wildman–Crippen LogP) is 3.32. The molecular weight excluding hydrogens is 302 g/mol. The maximum absolute atomic E-state index is 9.94. The van der Waals surface area contributed by atoms with Crippen LogP contribution < -0.4 is 0 Å². The van der Waals surface area contributed by atoms with E-state index >= 15 is 0 Å². The summed E-state index contributed by atoms with van der Waals surface area (Å²) in [6.07, 6.45) is 7.17. The summed E-state index contributed by atoms with van der Waals surface area (Å²) in [6.45, 7) is 3.94. The van der Waals surface area contributed by atoms with Crippen molar-refractivity contribution in [3.63, 3.8) is 0 Å². The Kier molecular flexibility index (Phi) is 3.46. The zero-order valence-electron chi connectivity index (χ0n) is 13.5. The summed E-state index contributed by atoms with van der Waals surface area (Å²) in [7, 11) is 0. The van der Waals surface area contributed by atoms with Gasteiger partial charge in [-0.05, 0) is 31.0 Å². The first-order valence-electron chi connectivity index (χ1n) is 7.90. The topological polar surface area (TPSA) is 87.6 Å². The quantitative estimate of drug-likeness (QED) is 0.605. The number of aryl methyl sites for hydroxylation is 1. The van der Waals surface area contributed by atoms with Crippen molar-refractivity contribution in [2.75, 3.05) is 0 Å². The lowest BCUT2D eigenvalue weighted by atomic mass is 10.0. The number of aliphatic hydroxyl groups is 1. The minimum absolute atomic E-state index is 0.528. The van der Waals surface area contributed by atoms with Gasteiger partial charge in [-0.1, -0.05) is 6.92 Å². The molecule has 4 heterocycles. The number of rotatable bonds is 3. The predicted molar refractivity (Wildman–Crippen MR) is 92.4 cm³/mol. The molecule has 0 saturated carbocycles. The molecule has 1 atom stereocenters. The molecule has 0 amide bonds. The Morgan fingerprint density at radius 3 is 2.75 bits per heavy atom. The first-order valence-corrected chi connectivity index (χ1v) is 7.90. The monoisotopic (exact) mass is 319 g/mol. The Balaban J connectivity index is 1.83. The van der Waals surface area contributed by atoms with Crippen molar-refractivity contribution in [3.8, 4) is 11.3 Å². The van der Waals surface area contributed by atoms with Gasteiger partial charge >= 0.3 is 0 Å². The molecule has 4 aromatic rings. The summed E-state index contributed by atoms with van der Waals surface area (Å²) in [5, 5.41) is 11.9. The molecule has 6 nitrogen and oxygen atoms in total. The molecule has 0 aromatic carbocycles. The van der Waals surface area contributed by atoms with Crippen LogP contribution in [-0.2, 0) is 0 Å². The molecule has 0 aliphatic carbocycles. The van der Waals surface area contributed by atoms with Crippen molar-refractivity contribution in [1.29, 1.82) is 0 Å². The molecule has 6 heteroatoms. The van der Waals surface area contributed by atoms with E-state index < -0.39 is 6.10 Å². The molecule has 24 heavy (non-hydrogen) atoms. The number of aromatic amines is 1. The minimum Gasteiger partial charge on any atom is -0.387 e. The molecule has 0 radical (unpaired) electrons. The number of nitrogens with zero attached hydrogens (tertiary/aromatic N) is 4. The fourth-order valence-corrected chi connectivity index (χ4v) is 2.88. The number of aliphatic hydroxyl groups excluding tert-OH is 1. The van der Waals surface area contributed by atoms with Crippen LogP contribution in [0.2, 0.25) is 0 Å². The number of fused-ring (bicyclic) bond motifs is 3. The maximum Gasteiger partial charge on any atom is 0.157 e. The standard InChI is InChI=1S/C18H17N5O/c1-3-16(24)15-4-10(2)12(7-20-15)14-5-11-6-21-18-17(22-9-23-18)13(11)8-19-14/h4-9,16,24H,3H2,1-2H3,(H,21,22,23)/t16-/m1/s1. The van der Waals surface area contributed by atoms with Crippen molar-refractivity contribution in [1.82, 2.24) is 24.9 Å². The Bertz CT molecular complexity index is 1040. The molecule has 2 N–H and O–H groups in total. The molecule has 0 bridgehead atoms. The first kappa shape index (κ1) is 14.7. The number of hydrogen-bond donors (Lipinski definition) is 2. The number of H-pyrrole nitrogens is 1. The number of pyridine rings is 3. The molecule has 0 unspecified atom stereocenters. The number of hydrogen-bond acceptors (Lipinski definition) is 5. The highest BCUT2D eigenvalue weighted by Gasteiger charge is 2.12. The lowest BCUT2D eigenvalue weighted by Gasteiger charge is -2.11. The van der Waals surface area contributed by atoms with E-state index in [4.69, 9.17) is 0 Å². The van der Waals surface area contributed by atoms with E-state index in [2.05, 4.69) is 24.9 Å². The number of nitrogens with one attached hydrogen (secondary N) is 1. The van der Waals surface area contributed by atoms with E-state index in [-0.39, 0.29) is 0 Å². The average molecular weight is 319 g/mol. The molecule has 120 valence electrons. The van der Waals surface area contributed by atoms with Crippen molar-refractivity contribution in [2.24, 2.45) is 0 Å². The van der Waals surface area contributed by atoms with Crippen LogP contribution in [0.4, 0.5) is 0 Å². The third-order valence-corrected chi connectivity index (χ3v) is 4.28. The van der Waals surface area contributed by atoms with Gasteiger partial charge in [-0.15, -0.1) is 0 Å². The van der Waals surface area contributed by atoms with Gasteiger partial charge in [-0.3, -0.25) is 9.97 Å². The Morgan fingerprint density at radius 2 is 1.96 bits per heavy atom. The van der Waals surface area contributed by atoms with Crippen LogP contribution in [0.1, 0.15) is 30.7 Å². The van der Waals surface area contributed by atoms with Crippen LogP contribution in [0.25, 0.3) is 33.2 Å². The van der Waals surface area contributed by atoms with Crippen molar-refractivity contribution in [2.45, 2.75) is 26.4 Å². The SMILES string of the molecule is CC[C@@H](O)c1cc(C)c(-c2cc3cnc4[nH]cnc4c3cn2)cn1. The van der Waals surface area contributed by atoms with Crippen LogP contribution in [0.3, 0.4) is 0 Å². The summed E-state index contributed by atoms with van der Waals surface area (Å²) in [5.74, 6) is 0. The summed E-state index contributed by atoms with van der Waals surface area (Å²) in [5.41, 5.74) is 5.09. The zero-order chi connectivity index (χ0) is 16.7. The molecule has 0 fully saturated rings. The second kappa shape index (κ2) is 5.65. The zero-order valence-corrected chi connectivity index (χ0v) is 13.5. The van der Waals surface area contributed by atoms with Crippen LogP contribution in [0.15, 0.2) is 37.1 Å². The minimum atomic E-state index is -0.528. The Morgan fingerprint density at radius 1 is 1.08 bits per heavy atom. The van der Waals surface area contributed by atoms with Crippen molar-refractivity contribution in [3.05, 3.63) is 48.3 Å². The molecule has 0 aliphatic heterocycles. The van der Waals surface area contributed by atoms with Gasteiger partial charge in [0.2, 0.25) is 0 Å². The van der Waals surface area contributed by atoms with Gasteiger partial charge in [-0.2, -0.15) is 0 Å². The van der Waals surface area contributed by atoms with Gasteiger partial charge in [0.05, 0.1) is 23.8 Å². The van der Waals surface area contributed by atoms with Crippen molar-refractivity contribution >= 4 is 21.9 Å². The van der Waals surface area contributed by atoms with Crippen LogP contribution in [0.5, 0.6) is 0 Å². The summed E-state index contributed by atoms with van der Waals surface area (Å²) < 4.78 is 0. The highest BCUT2D eigenvalue weighted by atomic mass is 16.3. The highest BCUT2D eigenvalue weighted by molar-refractivity contribution is 6.02. The van der Waals surface area contributed by atoms with E-state index in [0.29, 0.717) is 12.1 Å². The van der Waals surface area contributed by atoms with E-state index in [1.807, 2.05) is 38.4 Å². The summed E-state index contributed by atoms with van der Waals surface area (Å²) in [6, 6.07) is 3.92. The molecule has 0 aliphatic rings. The first-order chi connectivity index (χ1) is 11.7. The lowest BCUT2D eigenvalue weighted by molar-refractivity contribution is 0.169. The summed E-state index contributed by atoms with van der Waals surface area (Å²) in [4.78, 5) is 20.7. The van der Waals surface area contributed by atoms with Crippen LogP contribution in [-0.4, -0.2) is 30.0 Å². The third kappa shape index (κ3) is 2.32. The largest absolute Gasteiger partial charge is 0.387 e. The molecule has 4 rings (SSSR count). The van der Waals surface area contributed by atoms with Gasteiger partial charge in [0.1, 0.15) is 5.52 Å². The van der Waals surface area contributed by atoms with E-state index in [0.717, 1.165) is 38.8 Å². The summed E-state index contributed by atoms with van der Waals surface area (Å²) >= 11 is 0. The van der Waals surface area contributed by atoms with Gasteiger partial charge in [0, 0.05) is 34.9 Å². The van der Waals surface area contributed by atoms with Gasteiger partial charge in [0.15, 0.2) is 5.65 Å². The van der Waals surface area contributed by atoms with Gasteiger partial charge in [-0.25, -0.2) is 9.97 Å². The number of imidazole rings is 1. The Labute approximate surface area is 138 Å². The van der Waals surface area contributed by atoms with Crippen LogP contribution >= 0.6 is 0 Å². The smallest absolute Gasteiger partial charge is 0.157 e. The molecule has 0 spiro atoms. The second-order valence-corrected chi connectivity index (χ2v) is 5.86. The molecular formula is C18H17N5O. The van der Waals surface area contributed by atoms with E-state index in [1.54, 1.807) is 12.5 Å². The fourth-order valence-electron chi connectivity index (χ4n) is 2.88. The Hall–Kier alpha value is -2.86. The van der Waals surface area contributed by atoms with E-state index in [9.17, 15) is 5.11 Å².